The minimum atomic E-state index is -10.8. The van der Waals surface area contributed by atoms with Crippen LogP contribution in [0.5, 0.6) is 0 Å². The zero-order valence-corrected chi connectivity index (χ0v) is 3.73. The molecule has 0 aromatic heterocycles. The SMILES string of the molecule is [F][Fe-4]([F])([F])([F])([F])[F]. The molecule has 0 unspecified atom stereocenters. The first-order valence-corrected chi connectivity index (χ1v) is 3.31. The average molecular weight is 170 g/mol. The molecule has 0 rings (SSSR count). The fraction of sp³-hybridized carbons (Fsp3) is 0. The van der Waals surface area contributed by atoms with E-state index in [2.05, 4.69) is 0 Å². The quantitative estimate of drug-likeness (QED) is 0.386. The molecule has 0 aliphatic heterocycles. The fourth-order valence-corrected chi connectivity index (χ4v) is 0. The Balaban J connectivity index is 4.43. The monoisotopic (exact) mass is 170 g/mol. The summed E-state index contributed by atoms with van der Waals surface area (Å²) in [6.07, 6.45) is 0. The summed E-state index contributed by atoms with van der Waals surface area (Å²) in [5.41, 5.74) is 0. The zero-order valence-electron chi connectivity index (χ0n) is 2.62. The van der Waals surface area contributed by atoms with Gasteiger partial charge in [0.25, 0.3) is 0 Å². The molecule has 0 aliphatic carbocycles. The molecule has 0 spiro atoms. The van der Waals surface area contributed by atoms with E-state index in [9.17, 15) is 21.3 Å². The van der Waals surface area contributed by atoms with Gasteiger partial charge in [-0.1, -0.05) is 0 Å². The van der Waals surface area contributed by atoms with Gasteiger partial charge in [0.2, 0.25) is 0 Å². The van der Waals surface area contributed by atoms with Crippen LogP contribution in [-0.2, 0) is 13.5 Å². The van der Waals surface area contributed by atoms with Gasteiger partial charge in [-0.05, 0) is 0 Å². The Morgan fingerprint density at radius 1 is 0.571 bits per heavy atom. The Morgan fingerprint density at radius 3 is 0.571 bits per heavy atom. The van der Waals surface area contributed by atoms with Crippen LogP contribution in [0.4, 0.5) is 21.3 Å². The van der Waals surface area contributed by atoms with E-state index in [-0.39, 0.29) is 0 Å². The Labute approximate surface area is 35.8 Å². The van der Waals surface area contributed by atoms with E-state index in [4.69, 9.17) is 0 Å². The van der Waals surface area contributed by atoms with E-state index in [1.807, 2.05) is 0 Å². The normalized spacial score (nSPS) is 23.1. The maximum absolute atomic E-state index is 10.8. The molecule has 7 heavy (non-hydrogen) atoms. The van der Waals surface area contributed by atoms with Crippen molar-refractivity contribution in [2.24, 2.45) is 0 Å². The molecule has 0 saturated carbocycles. The van der Waals surface area contributed by atoms with Gasteiger partial charge >= 0.3 is 34.8 Å². The van der Waals surface area contributed by atoms with Crippen molar-refractivity contribution in [2.75, 3.05) is 0 Å². The number of halogens is 6. The van der Waals surface area contributed by atoms with E-state index in [1.54, 1.807) is 0 Å². The summed E-state index contributed by atoms with van der Waals surface area (Å²) in [6.45, 7) is 0. The van der Waals surface area contributed by atoms with Crippen LogP contribution < -0.4 is 0 Å². The van der Waals surface area contributed by atoms with Crippen LogP contribution in [0.2, 0.25) is 0 Å². The molecular weight excluding hydrogens is 170 g/mol. The average Bonchev–Trinajstić information content (AvgIpc) is 0.592. The first kappa shape index (κ1) is 7.10. The molecule has 0 aromatic carbocycles. The van der Waals surface area contributed by atoms with Crippen molar-refractivity contribution in [2.45, 2.75) is 0 Å². The first-order valence-electron chi connectivity index (χ1n) is 0.802. The molecule has 0 bridgehead atoms. The first-order chi connectivity index (χ1) is 2.45. The van der Waals surface area contributed by atoms with Crippen LogP contribution in [0.25, 0.3) is 0 Å². The summed E-state index contributed by atoms with van der Waals surface area (Å²) >= 11 is -10.8. The minimum absolute atomic E-state index is 9.88. The summed E-state index contributed by atoms with van der Waals surface area (Å²) in [4.78, 5) is 0. The zero-order chi connectivity index (χ0) is 6.41. The molecule has 0 aromatic rings. The summed E-state index contributed by atoms with van der Waals surface area (Å²) in [7, 11) is 0. The van der Waals surface area contributed by atoms with Gasteiger partial charge in [0.05, 0.1) is 0 Å². The third kappa shape index (κ3) is 10400. The molecule has 0 atom stereocenters. The predicted molar refractivity (Wildman–Crippen MR) is 6.65 cm³/mol. The van der Waals surface area contributed by atoms with E-state index < -0.39 is 13.5 Å². The van der Waals surface area contributed by atoms with Gasteiger partial charge in [-0.3, -0.25) is 0 Å². The second-order valence-electron chi connectivity index (χ2n) is 0.758. The van der Waals surface area contributed by atoms with Crippen LogP contribution >= 0.6 is 0 Å². The molecule has 0 amide bonds. The van der Waals surface area contributed by atoms with Crippen molar-refractivity contribution in [1.29, 1.82) is 0 Å². The summed E-state index contributed by atoms with van der Waals surface area (Å²) in [5.74, 6) is 0. The third-order valence-electron chi connectivity index (χ3n) is 0. The molecular formula is F6Fe-4. The van der Waals surface area contributed by atoms with Gasteiger partial charge in [0.15, 0.2) is 0 Å². The van der Waals surface area contributed by atoms with Gasteiger partial charge < -0.3 is 0 Å². The van der Waals surface area contributed by atoms with Gasteiger partial charge in [-0.15, -0.1) is 0 Å². The molecule has 0 saturated heterocycles. The van der Waals surface area contributed by atoms with Crippen molar-refractivity contribution in [1.82, 2.24) is 0 Å². The van der Waals surface area contributed by atoms with Crippen molar-refractivity contribution in [3.05, 3.63) is 0 Å². The maximum atomic E-state index is 9.88. The Hall–Kier alpha value is 0.0995. The second-order valence-corrected chi connectivity index (χ2v) is 3.12. The topological polar surface area (TPSA) is 0 Å². The number of rotatable bonds is 0. The third-order valence-corrected chi connectivity index (χ3v) is 0. The van der Waals surface area contributed by atoms with Crippen molar-refractivity contribution >= 4 is 0 Å². The molecule has 54 valence electrons. The molecule has 0 N–H and O–H groups in total. The number of hydrogen-bond donors (Lipinski definition) is 0. The Morgan fingerprint density at radius 2 is 0.571 bits per heavy atom. The van der Waals surface area contributed by atoms with Crippen LogP contribution in [0.1, 0.15) is 0 Å². The van der Waals surface area contributed by atoms with Gasteiger partial charge in [-0.2, -0.15) is 0 Å². The van der Waals surface area contributed by atoms with Crippen LogP contribution in [0.3, 0.4) is 0 Å². The van der Waals surface area contributed by atoms with Crippen LogP contribution in [0.15, 0.2) is 0 Å². The molecule has 0 nitrogen and oxygen atoms in total. The summed E-state index contributed by atoms with van der Waals surface area (Å²) in [6, 6.07) is 0. The molecule has 7 heteroatoms. The van der Waals surface area contributed by atoms with Crippen molar-refractivity contribution in [3.8, 4) is 0 Å². The van der Waals surface area contributed by atoms with Gasteiger partial charge in [0, 0.05) is 0 Å². The number of hydrogen-bond acceptors (Lipinski definition) is 0. The van der Waals surface area contributed by atoms with E-state index in [0.717, 1.165) is 0 Å². The van der Waals surface area contributed by atoms with Gasteiger partial charge in [0.1, 0.15) is 0 Å². The van der Waals surface area contributed by atoms with Crippen LogP contribution in [-0.4, -0.2) is 0 Å². The fourth-order valence-electron chi connectivity index (χ4n) is 0. The standard InChI is InChI=1S/6FH.Fe/h6*1H;/q;;;;;;+2/p-6. The molecule has 0 heterocycles. The second kappa shape index (κ2) is 0.696. The molecule has 0 fully saturated rings. The van der Waals surface area contributed by atoms with Crippen molar-refractivity contribution in [3.63, 3.8) is 0 Å². The Kier molecular flexibility index (Phi) is 0.706. The van der Waals surface area contributed by atoms with Gasteiger partial charge in [-0.25, -0.2) is 0 Å². The van der Waals surface area contributed by atoms with Crippen molar-refractivity contribution < 1.29 is 34.8 Å². The Bertz CT molecular complexity index is 62.7. The molecule has 0 aliphatic rings. The van der Waals surface area contributed by atoms with E-state index in [0.29, 0.717) is 0 Å². The summed E-state index contributed by atoms with van der Waals surface area (Å²) < 4.78 is 59.2. The predicted octanol–water partition coefficient (Wildman–Crippen LogP) is 2.52. The molecule has 0 radical (unpaired) electrons. The van der Waals surface area contributed by atoms with Crippen LogP contribution in [0, 0.1) is 0 Å². The van der Waals surface area contributed by atoms with E-state index >= 15 is 0 Å². The summed E-state index contributed by atoms with van der Waals surface area (Å²) in [5, 5.41) is 0. The van der Waals surface area contributed by atoms with E-state index in [1.165, 1.54) is 0 Å².